The van der Waals surface area contributed by atoms with Crippen molar-refractivity contribution < 1.29 is 18.7 Å². The van der Waals surface area contributed by atoms with Gasteiger partial charge in [0.25, 0.3) is 0 Å². The van der Waals surface area contributed by atoms with Crippen molar-refractivity contribution in [3.63, 3.8) is 0 Å². The lowest BCUT2D eigenvalue weighted by molar-refractivity contribution is -0.117. The maximum absolute atomic E-state index is 12.6. The van der Waals surface area contributed by atoms with Gasteiger partial charge in [0.15, 0.2) is 6.39 Å². The van der Waals surface area contributed by atoms with E-state index in [1.165, 1.54) is 6.39 Å². The number of pyridine rings is 1. The minimum atomic E-state index is -0.139. The lowest BCUT2D eigenvalue weighted by Crippen LogP contribution is -2.26. The fraction of sp³-hybridized carbons (Fsp3) is 0.333. The van der Waals surface area contributed by atoms with Gasteiger partial charge in [-0.1, -0.05) is 6.07 Å². The molecule has 0 radical (unpaired) electrons. The molecule has 2 unspecified atom stereocenters. The number of oxazole rings is 1. The molecule has 0 spiro atoms. The Balaban J connectivity index is 1.28. The smallest absolute Gasteiger partial charge is 0.229 e. The molecule has 1 aromatic carbocycles. The molecule has 1 saturated carbocycles. The second-order valence-electron chi connectivity index (χ2n) is 8.02. The SMILES string of the molecule is N#Cc1cc(-c2ccnc(NC(=O)C3CC3c3cnco3)c2)ccc1OC1CCOCC1. The number of carbonyl (C=O) groups excluding carboxylic acids is 1. The van der Waals surface area contributed by atoms with Crippen LogP contribution in [-0.2, 0) is 9.53 Å². The van der Waals surface area contributed by atoms with E-state index in [0.717, 1.165) is 36.1 Å². The fourth-order valence-electron chi connectivity index (χ4n) is 3.98. The summed E-state index contributed by atoms with van der Waals surface area (Å²) in [6.45, 7) is 1.35. The van der Waals surface area contributed by atoms with E-state index in [0.29, 0.717) is 30.3 Å². The predicted molar refractivity (Wildman–Crippen MR) is 115 cm³/mol. The molecule has 32 heavy (non-hydrogen) atoms. The molecule has 8 nitrogen and oxygen atoms in total. The highest BCUT2D eigenvalue weighted by atomic mass is 16.5. The van der Waals surface area contributed by atoms with Crippen molar-refractivity contribution in [1.29, 1.82) is 5.26 Å². The lowest BCUT2D eigenvalue weighted by atomic mass is 10.0. The molecule has 1 aliphatic carbocycles. The monoisotopic (exact) mass is 430 g/mol. The number of nitrogens with one attached hydrogen (secondary N) is 1. The van der Waals surface area contributed by atoms with Gasteiger partial charge in [-0.25, -0.2) is 9.97 Å². The summed E-state index contributed by atoms with van der Waals surface area (Å²) < 4.78 is 16.7. The zero-order valence-electron chi connectivity index (χ0n) is 17.4. The van der Waals surface area contributed by atoms with Crippen molar-refractivity contribution in [3.8, 4) is 22.9 Å². The van der Waals surface area contributed by atoms with Crippen LogP contribution in [0.15, 0.2) is 53.5 Å². The van der Waals surface area contributed by atoms with Gasteiger partial charge in [-0.05, 0) is 41.8 Å². The van der Waals surface area contributed by atoms with Gasteiger partial charge in [0.1, 0.15) is 29.5 Å². The molecular weight excluding hydrogens is 408 g/mol. The zero-order valence-corrected chi connectivity index (χ0v) is 17.4. The van der Waals surface area contributed by atoms with E-state index < -0.39 is 0 Å². The molecule has 2 atom stereocenters. The standard InChI is InChI=1S/C24H22N4O4/c25-12-17-9-15(1-2-21(17)32-18-4-7-30-8-5-18)16-3-6-27-23(10-16)28-24(29)20-11-19(20)22-13-26-14-31-22/h1-3,6,9-10,13-14,18-20H,4-5,7-8,11H2,(H,27,28,29). The normalized spacial score (nSPS) is 20.3. The van der Waals surface area contributed by atoms with E-state index in [-0.39, 0.29) is 23.8 Å². The maximum Gasteiger partial charge on any atom is 0.229 e. The van der Waals surface area contributed by atoms with E-state index in [4.69, 9.17) is 13.9 Å². The molecule has 1 amide bonds. The fourth-order valence-corrected chi connectivity index (χ4v) is 3.98. The summed E-state index contributed by atoms with van der Waals surface area (Å²) in [7, 11) is 0. The average molecular weight is 430 g/mol. The molecule has 1 aliphatic heterocycles. The number of anilines is 1. The van der Waals surface area contributed by atoms with Crippen LogP contribution in [0.25, 0.3) is 11.1 Å². The average Bonchev–Trinajstić information content (AvgIpc) is 3.45. The molecular formula is C24H22N4O4. The van der Waals surface area contributed by atoms with Crippen molar-refractivity contribution >= 4 is 11.7 Å². The van der Waals surface area contributed by atoms with Gasteiger partial charge >= 0.3 is 0 Å². The first kappa shape index (κ1) is 20.2. The van der Waals surface area contributed by atoms with Crippen LogP contribution in [0.4, 0.5) is 5.82 Å². The van der Waals surface area contributed by atoms with Gasteiger partial charge in [0, 0.05) is 30.9 Å². The Hall–Kier alpha value is -3.70. The van der Waals surface area contributed by atoms with Crippen molar-refractivity contribution in [2.24, 2.45) is 5.92 Å². The maximum atomic E-state index is 12.6. The number of nitrogens with zero attached hydrogens (tertiary/aromatic N) is 3. The number of nitriles is 1. The number of hydrogen-bond acceptors (Lipinski definition) is 7. The highest BCUT2D eigenvalue weighted by Crippen LogP contribution is 2.47. The number of rotatable bonds is 6. The molecule has 3 aromatic rings. The first-order chi connectivity index (χ1) is 15.7. The van der Waals surface area contributed by atoms with E-state index in [9.17, 15) is 10.1 Å². The highest BCUT2D eigenvalue weighted by molar-refractivity contribution is 5.94. The summed E-state index contributed by atoms with van der Waals surface area (Å²) in [5.41, 5.74) is 2.18. The Morgan fingerprint density at radius 3 is 2.81 bits per heavy atom. The first-order valence-corrected chi connectivity index (χ1v) is 10.7. The van der Waals surface area contributed by atoms with Crippen molar-refractivity contribution in [1.82, 2.24) is 9.97 Å². The van der Waals surface area contributed by atoms with Gasteiger partial charge < -0.3 is 19.2 Å². The summed E-state index contributed by atoms with van der Waals surface area (Å²) in [5.74, 6) is 1.63. The molecule has 2 aliphatic rings. The summed E-state index contributed by atoms with van der Waals surface area (Å²) in [5, 5.41) is 12.5. The second-order valence-corrected chi connectivity index (χ2v) is 8.02. The zero-order chi connectivity index (χ0) is 21.9. The molecule has 2 aromatic heterocycles. The van der Waals surface area contributed by atoms with Crippen LogP contribution in [0.5, 0.6) is 5.75 Å². The van der Waals surface area contributed by atoms with Gasteiger partial charge in [-0.3, -0.25) is 4.79 Å². The van der Waals surface area contributed by atoms with Gasteiger partial charge in [0.2, 0.25) is 5.91 Å². The van der Waals surface area contributed by atoms with Gasteiger partial charge in [-0.2, -0.15) is 5.26 Å². The Morgan fingerprint density at radius 1 is 1.19 bits per heavy atom. The molecule has 162 valence electrons. The Labute approximate surface area is 185 Å². The van der Waals surface area contributed by atoms with Crippen molar-refractivity contribution in [2.45, 2.75) is 31.3 Å². The summed E-state index contributed by atoms with van der Waals surface area (Å²) in [6, 6.07) is 11.4. The van der Waals surface area contributed by atoms with E-state index >= 15 is 0 Å². The summed E-state index contributed by atoms with van der Waals surface area (Å²) in [6.07, 6.45) is 7.11. The second kappa shape index (κ2) is 8.81. The van der Waals surface area contributed by atoms with Crippen molar-refractivity contribution in [2.75, 3.05) is 18.5 Å². The van der Waals surface area contributed by atoms with E-state index in [1.807, 2.05) is 18.2 Å². The van der Waals surface area contributed by atoms with Crippen LogP contribution in [0.1, 0.15) is 36.5 Å². The third kappa shape index (κ3) is 4.34. The minimum Gasteiger partial charge on any atom is -0.489 e. The number of aromatic nitrogens is 2. The number of amides is 1. The molecule has 5 rings (SSSR count). The molecule has 2 fully saturated rings. The Bertz CT molecular complexity index is 1150. The summed E-state index contributed by atoms with van der Waals surface area (Å²) in [4.78, 5) is 20.8. The Morgan fingerprint density at radius 2 is 2.03 bits per heavy atom. The molecule has 3 heterocycles. The van der Waals surface area contributed by atoms with Crippen LogP contribution in [0.3, 0.4) is 0 Å². The number of carbonyl (C=O) groups is 1. The molecule has 1 N–H and O–H groups in total. The topological polar surface area (TPSA) is 110 Å². The molecule has 1 saturated heterocycles. The molecule has 8 heteroatoms. The van der Waals surface area contributed by atoms with Crippen LogP contribution in [-0.4, -0.2) is 35.2 Å². The number of benzene rings is 1. The number of ether oxygens (including phenoxy) is 2. The van der Waals surface area contributed by atoms with Crippen LogP contribution < -0.4 is 10.1 Å². The molecule has 0 bridgehead atoms. The first-order valence-electron chi connectivity index (χ1n) is 10.7. The van der Waals surface area contributed by atoms with Gasteiger partial charge in [-0.15, -0.1) is 0 Å². The Kier molecular flexibility index (Phi) is 5.57. The van der Waals surface area contributed by atoms with Gasteiger partial charge in [0.05, 0.1) is 25.0 Å². The largest absolute Gasteiger partial charge is 0.489 e. The third-order valence-corrected chi connectivity index (χ3v) is 5.85. The van der Waals surface area contributed by atoms with Crippen LogP contribution >= 0.6 is 0 Å². The van der Waals surface area contributed by atoms with E-state index in [2.05, 4.69) is 21.4 Å². The quantitative estimate of drug-likeness (QED) is 0.631. The highest BCUT2D eigenvalue weighted by Gasteiger charge is 2.46. The minimum absolute atomic E-state index is 0.0626. The summed E-state index contributed by atoms with van der Waals surface area (Å²) >= 11 is 0. The third-order valence-electron chi connectivity index (χ3n) is 5.85. The van der Waals surface area contributed by atoms with Crippen LogP contribution in [0.2, 0.25) is 0 Å². The van der Waals surface area contributed by atoms with E-state index in [1.54, 1.807) is 24.5 Å². The van der Waals surface area contributed by atoms with Crippen molar-refractivity contribution in [3.05, 3.63) is 60.4 Å². The van der Waals surface area contributed by atoms with Crippen LogP contribution in [0, 0.1) is 17.2 Å². The predicted octanol–water partition coefficient (Wildman–Crippen LogP) is 3.91. The lowest BCUT2D eigenvalue weighted by Gasteiger charge is -2.23. The number of hydrogen-bond donors (Lipinski definition) is 1.